The number of nitrogens with one attached hydrogen (secondary N) is 2. The van der Waals surface area contributed by atoms with E-state index >= 15 is 0 Å². The van der Waals surface area contributed by atoms with Crippen LogP contribution in [0.2, 0.25) is 0 Å². The lowest BCUT2D eigenvalue weighted by Crippen LogP contribution is -2.41. The Labute approximate surface area is 121 Å². The maximum Gasteiger partial charge on any atom is 0.191 e. The fourth-order valence-electron chi connectivity index (χ4n) is 2.36. The van der Waals surface area contributed by atoms with Gasteiger partial charge in [0.25, 0.3) is 0 Å². The molecule has 1 aliphatic rings. The maximum absolute atomic E-state index is 4.68. The number of hydrogen-bond acceptors (Lipinski definition) is 2. The van der Waals surface area contributed by atoms with Crippen LogP contribution in [0.15, 0.2) is 11.2 Å². The highest BCUT2D eigenvalue weighted by molar-refractivity contribution is 5.79. The second-order valence-electron chi connectivity index (χ2n) is 5.45. The average molecular weight is 277 g/mol. The molecule has 0 unspecified atom stereocenters. The molecule has 2 rings (SSSR count). The number of aromatic nitrogens is 2. The van der Waals surface area contributed by atoms with Crippen molar-refractivity contribution < 1.29 is 0 Å². The minimum atomic E-state index is 0.433. The van der Waals surface area contributed by atoms with Gasteiger partial charge in [-0.2, -0.15) is 0 Å². The standard InChI is InChI=1S/C15H27N5/c1-4-12(3)18-15(16-5-2)17-10-13-11-20-9-7-6-8-14(20)19-13/h11-12H,4-10H2,1-3H3,(H2,16,17,18)/t12-/m1/s1. The van der Waals surface area contributed by atoms with Gasteiger partial charge in [-0.15, -0.1) is 0 Å². The van der Waals surface area contributed by atoms with E-state index < -0.39 is 0 Å². The molecular weight excluding hydrogens is 250 g/mol. The topological polar surface area (TPSA) is 54.2 Å². The Balaban J connectivity index is 1.99. The van der Waals surface area contributed by atoms with Crippen molar-refractivity contribution >= 4 is 5.96 Å². The van der Waals surface area contributed by atoms with E-state index in [0.29, 0.717) is 12.6 Å². The first-order valence-electron chi connectivity index (χ1n) is 7.82. The summed E-state index contributed by atoms with van der Waals surface area (Å²) in [6.07, 6.45) is 6.88. The van der Waals surface area contributed by atoms with Gasteiger partial charge in [0.15, 0.2) is 5.96 Å². The summed E-state index contributed by atoms with van der Waals surface area (Å²) in [5.41, 5.74) is 1.07. The molecule has 0 aliphatic carbocycles. The Morgan fingerprint density at radius 1 is 1.45 bits per heavy atom. The van der Waals surface area contributed by atoms with Crippen molar-refractivity contribution in [2.75, 3.05) is 6.54 Å². The second kappa shape index (κ2) is 7.31. The van der Waals surface area contributed by atoms with E-state index in [1.54, 1.807) is 0 Å². The number of aliphatic imine (C=N–C) groups is 1. The SMILES string of the molecule is CCNC(=NCc1cn2c(n1)CCCC2)N[C@H](C)CC. The second-order valence-corrected chi connectivity index (χ2v) is 5.45. The number of hydrogen-bond donors (Lipinski definition) is 2. The summed E-state index contributed by atoms with van der Waals surface area (Å²) < 4.78 is 2.28. The van der Waals surface area contributed by atoms with Crippen LogP contribution < -0.4 is 10.6 Å². The highest BCUT2D eigenvalue weighted by Crippen LogP contribution is 2.14. The van der Waals surface area contributed by atoms with Gasteiger partial charge in [0, 0.05) is 31.7 Å². The van der Waals surface area contributed by atoms with Crippen LogP contribution in [-0.4, -0.2) is 28.1 Å². The molecule has 0 aromatic carbocycles. The molecule has 1 aromatic heterocycles. The van der Waals surface area contributed by atoms with Gasteiger partial charge in [0.1, 0.15) is 5.82 Å². The monoisotopic (exact) mass is 277 g/mol. The fourth-order valence-corrected chi connectivity index (χ4v) is 2.36. The summed E-state index contributed by atoms with van der Waals surface area (Å²) in [5, 5.41) is 6.69. The quantitative estimate of drug-likeness (QED) is 0.640. The molecule has 0 fully saturated rings. The Morgan fingerprint density at radius 3 is 3.00 bits per heavy atom. The van der Waals surface area contributed by atoms with Crippen LogP contribution in [-0.2, 0) is 19.5 Å². The molecule has 5 nitrogen and oxygen atoms in total. The molecule has 0 bridgehead atoms. The van der Waals surface area contributed by atoms with Gasteiger partial charge in [-0.1, -0.05) is 6.92 Å². The van der Waals surface area contributed by atoms with E-state index in [9.17, 15) is 0 Å². The average Bonchev–Trinajstić information content (AvgIpc) is 2.87. The van der Waals surface area contributed by atoms with Gasteiger partial charge in [-0.05, 0) is 33.1 Å². The molecule has 1 aliphatic heterocycles. The third-order valence-electron chi connectivity index (χ3n) is 3.70. The molecule has 0 saturated heterocycles. The molecule has 1 atom stereocenters. The van der Waals surface area contributed by atoms with Crippen LogP contribution in [0.4, 0.5) is 0 Å². The zero-order valence-corrected chi connectivity index (χ0v) is 12.9. The number of imidazole rings is 1. The van der Waals surface area contributed by atoms with E-state index in [-0.39, 0.29) is 0 Å². The van der Waals surface area contributed by atoms with E-state index in [0.717, 1.165) is 37.6 Å². The number of nitrogens with zero attached hydrogens (tertiary/aromatic N) is 3. The molecule has 0 amide bonds. The van der Waals surface area contributed by atoms with Gasteiger partial charge >= 0.3 is 0 Å². The summed E-state index contributed by atoms with van der Waals surface area (Å²) in [6, 6.07) is 0.433. The third kappa shape index (κ3) is 3.99. The zero-order chi connectivity index (χ0) is 14.4. The summed E-state index contributed by atoms with van der Waals surface area (Å²) >= 11 is 0. The van der Waals surface area contributed by atoms with Crippen LogP contribution in [0.3, 0.4) is 0 Å². The molecular formula is C15H27N5. The Kier molecular flexibility index (Phi) is 5.44. The molecule has 5 heteroatoms. The lowest BCUT2D eigenvalue weighted by molar-refractivity contribution is 0.522. The first-order valence-corrected chi connectivity index (χ1v) is 7.82. The van der Waals surface area contributed by atoms with Crippen molar-refractivity contribution in [3.8, 4) is 0 Å². The highest BCUT2D eigenvalue weighted by Gasteiger charge is 2.12. The number of aryl methyl sites for hydroxylation is 2. The van der Waals surface area contributed by atoms with E-state index in [1.165, 1.54) is 18.7 Å². The Hall–Kier alpha value is -1.52. The van der Waals surface area contributed by atoms with Crippen molar-refractivity contribution in [2.45, 2.75) is 65.6 Å². The molecule has 1 aromatic rings. The summed E-state index contributed by atoms with van der Waals surface area (Å²) in [7, 11) is 0. The third-order valence-corrected chi connectivity index (χ3v) is 3.70. The van der Waals surface area contributed by atoms with E-state index in [4.69, 9.17) is 0 Å². The van der Waals surface area contributed by atoms with Crippen LogP contribution in [0, 0.1) is 0 Å². The lowest BCUT2D eigenvalue weighted by Gasteiger charge is -2.15. The van der Waals surface area contributed by atoms with Gasteiger partial charge in [-0.25, -0.2) is 9.98 Å². The Morgan fingerprint density at radius 2 is 2.30 bits per heavy atom. The summed E-state index contributed by atoms with van der Waals surface area (Å²) in [4.78, 5) is 9.32. The predicted molar refractivity (Wildman–Crippen MR) is 82.9 cm³/mol. The summed E-state index contributed by atoms with van der Waals surface area (Å²) in [6.45, 7) is 9.06. The van der Waals surface area contributed by atoms with Gasteiger partial charge in [0.05, 0.1) is 12.2 Å². The van der Waals surface area contributed by atoms with Gasteiger partial charge < -0.3 is 15.2 Å². The normalized spacial score (nSPS) is 16.6. The zero-order valence-electron chi connectivity index (χ0n) is 12.9. The smallest absolute Gasteiger partial charge is 0.191 e. The first kappa shape index (κ1) is 14.9. The predicted octanol–water partition coefficient (Wildman–Crippen LogP) is 2.07. The minimum Gasteiger partial charge on any atom is -0.357 e. The van der Waals surface area contributed by atoms with E-state index in [2.05, 4.69) is 52.1 Å². The van der Waals surface area contributed by atoms with Crippen molar-refractivity contribution in [3.63, 3.8) is 0 Å². The Bertz CT molecular complexity index is 426. The van der Waals surface area contributed by atoms with Crippen LogP contribution in [0.1, 0.15) is 51.6 Å². The van der Waals surface area contributed by atoms with Crippen LogP contribution >= 0.6 is 0 Å². The van der Waals surface area contributed by atoms with Gasteiger partial charge in [-0.3, -0.25) is 0 Å². The molecule has 112 valence electrons. The lowest BCUT2D eigenvalue weighted by atomic mass is 10.2. The van der Waals surface area contributed by atoms with Gasteiger partial charge in [0.2, 0.25) is 0 Å². The van der Waals surface area contributed by atoms with Crippen molar-refractivity contribution in [2.24, 2.45) is 4.99 Å². The molecule has 2 heterocycles. The molecule has 0 spiro atoms. The van der Waals surface area contributed by atoms with E-state index in [1.807, 2.05) is 0 Å². The molecule has 2 N–H and O–H groups in total. The molecule has 0 saturated carbocycles. The summed E-state index contributed by atoms with van der Waals surface area (Å²) in [5.74, 6) is 2.11. The largest absolute Gasteiger partial charge is 0.357 e. The van der Waals surface area contributed by atoms with Crippen LogP contribution in [0.5, 0.6) is 0 Å². The van der Waals surface area contributed by atoms with Crippen molar-refractivity contribution in [1.82, 2.24) is 20.2 Å². The number of guanidine groups is 1. The molecule has 0 radical (unpaired) electrons. The minimum absolute atomic E-state index is 0.433. The number of rotatable bonds is 5. The first-order chi connectivity index (χ1) is 9.72. The highest BCUT2D eigenvalue weighted by atomic mass is 15.2. The van der Waals surface area contributed by atoms with Crippen LogP contribution in [0.25, 0.3) is 0 Å². The molecule has 20 heavy (non-hydrogen) atoms. The number of fused-ring (bicyclic) bond motifs is 1. The van der Waals surface area contributed by atoms with Crippen molar-refractivity contribution in [3.05, 3.63) is 17.7 Å². The fraction of sp³-hybridized carbons (Fsp3) is 0.733. The maximum atomic E-state index is 4.68. The van der Waals surface area contributed by atoms with Crippen molar-refractivity contribution in [1.29, 1.82) is 0 Å².